The molecule has 0 N–H and O–H groups in total. The van der Waals surface area contributed by atoms with Crippen molar-refractivity contribution in [3.8, 4) is 22.8 Å². The molecule has 0 radical (unpaired) electrons. The Morgan fingerprint density at radius 2 is 1.64 bits per heavy atom. The van der Waals surface area contributed by atoms with Crippen LogP contribution in [0.1, 0.15) is 28.1 Å². The number of hydrogen-bond donors (Lipinski definition) is 0. The Bertz CT molecular complexity index is 2100. The van der Waals surface area contributed by atoms with Gasteiger partial charge in [-0.1, -0.05) is 52.3 Å². The summed E-state index contributed by atoms with van der Waals surface area (Å²) in [5.74, 6) is 0.741. The van der Waals surface area contributed by atoms with Gasteiger partial charge in [0.2, 0.25) is 0 Å². The van der Waals surface area contributed by atoms with Crippen molar-refractivity contribution in [3.63, 3.8) is 0 Å². The molecule has 10 heteroatoms. The molecule has 0 saturated carbocycles. The quantitative estimate of drug-likeness (QED) is 0.160. The number of ether oxygens (including phenoxy) is 1. The van der Waals surface area contributed by atoms with E-state index in [2.05, 4.69) is 30.6 Å². The van der Waals surface area contributed by atoms with E-state index in [1.165, 1.54) is 18.3 Å². The van der Waals surface area contributed by atoms with Gasteiger partial charge in [-0.15, -0.1) is 0 Å². The van der Waals surface area contributed by atoms with E-state index in [1.54, 1.807) is 24.3 Å². The lowest BCUT2D eigenvalue weighted by atomic mass is 10.1. The maximum atomic E-state index is 13.6. The predicted molar refractivity (Wildman–Crippen MR) is 173 cm³/mol. The van der Waals surface area contributed by atoms with Crippen molar-refractivity contribution in [1.82, 2.24) is 14.2 Å². The zero-order chi connectivity index (χ0) is 31.7. The van der Waals surface area contributed by atoms with E-state index in [9.17, 15) is 18.0 Å². The molecule has 0 atom stereocenters. The van der Waals surface area contributed by atoms with E-state index in [1.807, 2.05) is 68.4 Å². The Balaban J connectivity index is 1.33. The standard InChI is InChI=1S/C35H26BrF3N4O2/c1-22-18-26(23(2)42(22)29-14-16-30(17-15-29)45-21-24-10-12-28(36)13-11-24)20-40-43-33(25-6-5-7-27(19-25)35(37,38)39)41-32-9-4-3-8-31(32)34(43)44/h3-20H,21H2,1-2H3. The normalized spacial score (nSPS) is 11.9. The van der Waals surface area contributed by atoms with Crippen molar-refractivity contribution in [2.45, 2.75) is 26.6 Å². The molecule has 0 spiro atoms. The molecule has 0 aliphatic rings. The summed E-state index contributed by atoms with van der Waals surface area (Å²) in [7, 11) is 0. The molecule has 0 unspecified atom stereocenters. The second-order valence-electron chi connectivity index (χ2n) is 10.5. The van der Waals surface area contributed by atoms with Crippen molar-refractivity contribution < 1.29 is 17.9 Å². The van der Waals surface area contributed by atoms with Crippen LogP contribution >= 0.6 is 15.9 Å². The number of rotatable bonds is 7. The van der Waals surface area contributed by atoms with E-state index in [0.717, 1.165) is 55.2 Å². The fourth-order valence-electron chi connectivity index (χ4n) is 5.13. The van der Waals surface area contributed by atoms with Crippen LogP contribution in [0.4, 0.5) is 13.2 Å². The van der Waals surface area contributed by atoms with E-state index in [0.29, 0.717) is 17.5 Å². The maximum Gasteiger partial charge on any atom is 0.416 e. The number of benzene rings is 4. The third kappa shape index (κ3) is 6.32. The second kappa shape index (κ2) is 12.2. The molecule has 2 aromatic heterocycles. The van der Waals surface area contributed by atoms with Gasteiger partial charge in [0.15, 0.2) is 5.82 Å². The number of hydrogen-bond acceptors (Lipinski definition) is 4. The fourth-order valence-corrected chi connectivity index (χ4v) is 5.39. The van der Waals surface area contributed by atoms with Crippen LogP contribution in [0.25, 0.3) is 28.0 Å². The average Bonchev–Trinajstić information content (AvgIpc) is 3.32. The molecule has 6 aromatic rings. The van der Waals surface area contributed by atoms with Crippen molar-refractivity contribution >= 4 is 33.0 Å². The summed E-state index contributed by atoms with van der Waals surface area (Å²) in [5.41, 5.74) is 3.65. The van der Waals surface area contributed by atoms with E-state index >= 15 is 0 Å². The van der Waals surface area contributed by atoms with Crippen LogP contribution in [0, 0.1) is 13.8 Å². The van der Waals surface area contributed by atoms with E-state index in [4.69, 9.17) is 4.74 Å². The molecule has 6 nitrogen and oxygen atoms in total. The number of aryl methyl sites for hydroxylation is 1. The molecule has 6 rings (SSSR count). The number of alkyl halides is 3. The van der Waals surface area contributed by atoms with Crippen LogP contribution < -0.4 is 10.3 Å². The summed E-state index contributed by atoms with van der Waals surface area (Å²) in [6.07, 6.45) is -3.02. The van der Waals surface area contributed by atoms with Gasteiger partial charge in [0.1, 0.15) is 12.4 Å². The lowest BCUT2D eigenvalue weighted by Gasteiger charge is -2.12. The smallest absolute Gasteiger partial charge is 0.416 e. The van der Waals surface area contributed by atoms with Gasteiger partial charge < -0.3 is 9.30 Å². The first-order chi connectivity index (χ1) is 21.6. The zero-order valence-corrected chi connectivity index (χ0v) is 25.8. The van der Waals surface area contributed by atoms with E-state index in [-0.39, 0.29) is 11.4 Å². The molecular formula is C35H26BrF3N4O2. The Kier molecular flexibility index (Phi) is 8.16. The largest absolute Gasteiger partial charge is 0.489 e. The summed E-state index contributed by atoms with van der Waals surface area (Å²) < 4.78 is 50.6. The van der Waals surface area contributed by atoms with Gasteiger partial charge in [-0.3, -0.25) is 4.79 Å². The SMILES string of the molecule is Cc1cc(C=Nn2c(-c3cccc(C(F)(F)F)c3)nc3ccccc3c2=O)c(C)n1-c1ccc(OCc2ccc(Br)cc2)cc1. The van der Waals surface area contributed by atoms with Gasteiger partial charge in [-0.05, 0) is 86.1 Å². The topological polar surface area (TPSA) is 61.4 Å². The lowest BCUT2D eigenvalue weighted by Crippen LogP contribution is -2.20. The Morgan fingerprint density at radius 3 is 2.38 bits per heavy atom. The number of fused-ring (bicyclic) bond motifs is 1. The first-order valence-electron chi connectivity index (χ1n) is 14.0. The van der Waals surface area contributed by atoms with Crippen molar-refractivity contribution in [1.29, 1.82) is 0 Å². The Morgan fingerprint density at radius 1 is 0.911 bits per heavy atom. The van der Waals surface area contributed by atoms with Gasteiger partial charge in [0, 0.05) is 32.7 Å². The molecule has 4 aromatic carbocycles. The highest BCUT2D eigenvalue weighted by Gasteiger charge is 2.31. The Labute approximate surface area is 265 Å². The second-order valence-corrected chi connectivity index (χ2v) is 11.4. The third-order valence-electron chi connectivity index (χ3n) is 7.40. The first-order valence-corrected chi connectivity index (χ1v) is 14.8. The molecule has 2 heterocycles. The average molecular weight is 672 g/mol. The van der Waals surface area contributed by atoms with Crippen LogP contribution in [0.3, 0.4) is 0 Å². The molecule has 0 saturated heterocycles. The molecule has 0 aliphatic carbocycles. The van der Waals surface area contributed by atoms with Crippen molar-refractivity contribution in [3.05, 3.63) is 146 Å². The summed E-state index contributed by atoms with van der Waals surface area (Å²) >= 11 is 3.44. The van der Waals surface area contributed by atoms with Gasteiger partial charge in [0.05, 0.1) is 22.7 Å². The van der Waals surface area contributed by atoms with Crippen LogP contribution in [0.2, 0.25) is 0 Å². The number of halogens is 4. The van der Waals surface area contributed by atoms with Gasteiger partial charge in [0.25, 0.3) is 5.56 Å². The maximum absolute atomic E-state index is 13.6. The van der Waals surface area contributed by atoms with Gasteiger partial charge in [-0.2, -0.15) is 22.9 Å². The number of aromatic nitrogens is 3. The first kappa shape index (κ1) is 30.1. The van der Waals surface area contributed by atoms with Crippen LogP contribution in [0.15, 0.2) is 117 Å². The van der Waals surface area contributed by atoms with Crippen molar-refractivity contribution in [2.75, 3.05) is 0 Å². The number of para-hydroxylation sites is 1. The van der Waals surface area contributed by atoms with Gasteiger partial charge >= 0.3 is 6.18 Å². The highest BCUT2D eigenvalue weighted by molar-refractivity contribution is 9.10. The van der Waals surface area contributed by atoms with Gasteiger partial charge in [-0.25, -0.2) is 4.98 Å². The van der Waals surface area contributed by atoms with Crippen LogP contribution in [0.5, 0.6) is 5.75 Å². The molecule has 45 heavy (non-hydrogen) atoms. The molecule has 0 bridgehead atoms. The molecule has 0 aliphatic heterocycles. The highest BCUT2D eigenvalue weighted by Crippen LogP contribution is 2.32. The minimum atomic E-state index is -4.55. The van der Waals surface area contributed by atoms with Crippen LogP contribution in [-0.4, -0.2) is 20.4 Å². The summed E-state index contributed by atoms with van der Waals surface area (Å²) in [4.78, 5) is 18.1. The summed E-state index contributed by atoms with van der Waals surface area (Å²) in [6, 6.07) is 29.0. The summed E-state index contributed by atoms with van der Waals surface area (Å²) in [5, 5.41) is 4.78. The lowest BCUT2D eigenvalue weighted by molar-refractivity contribution is -0.137. The molecule has 0 fully saturated rings. The van der Waals surface area contributed by atoms with Crippen LogP contribution in [-0.2, 0) is 12.8 Å². The zero-order valence-electron chi connectivity index (χ0n) is 24.2. The molecule has 226 valence electrons. The number of nitrogens with zero attached hydrogens (tertiary/aromatic N) is 4. The summed E-state index contributed by atoms with van der Waals surface area (Å²) in [6.45, 7) is 4.34. The molecular weight excluding hydrogens is 645 g/mol. The highest BCUT2D eigenvalue weighted by atomic mass is 79.9. The molecule has 0 amide bonds. The minimum Gasteiger partial charge on any atom is -0.489 e. The fraction of sp³-hybridized carbons (Fsp3) is 0.114. The van der Waals surface area contributed by atoms with E-state index < -0.39 is 17.3 Å². The van der Waals surface area contributed by atoms with Crippen molar-refractivity contribution in [2.24, 2.45) is 5.10 Å². The predicted octanol–water partition coefficient (Wildman–Crippen LogP) is 8.71. The third-order valence-corrected chi connectivity index (χ3v) is 7.93. The monoisotopic (exact) mass is 670 g/mol. The minimum absolute atomic E-state index is 0.00795. The Hall–Kier alpha value is -4.96.